The Labute approximate surface area is 179 Å². The molecule has 1 heterocycles. The van der Waals surface area contributed by atoms with E-state index in [4.69, 9.17) is 4.74 Å². The second kappa shape index (κ2) is 9.89. The smallest absolute Gasteiger partial charge is 0.325 e. The van der Waals surface area contributed by atoms with Gasteiger partial charge in [0, 0.05) is 12.2 Å². The summed E-state index contributed by atoms with van der Waals surface area (Å²) in [5, 5.41) is 8.69. The molecule has 0 saturated carbocycles. The van der Waals surface area contributed by atoms with Crippen molar-refractivity contribution < 1.29 is 14.3 Å². The summed E-state index contributed by atoms with van der Waals surface area (Å²) in [4.78, 5) is 29.5. The van der Waals surface area contributed by atoms with E-state index in [1.165, 1.54) is 0 Å². The maximum atomic E-state index is 12.5. The predicted octanol–water partition coefficient (Wildman–Crippen LogP) is 4.39. The number of urea groups is 1. The van der Waals surface area contributed by atoms with Crippen LogP contribution in [0.25, 0.3) is 0 Å². The number of anilines is 2. The Morgan fingerprint density at radius 1 is 1.03 bits per heavy atom. The second-order valence-corrected chi connectivity index (χ2v) is 7.70. The minimum atomic E-state index is -0.407. The Kier molecular flexibility index (Phi) is 7.03. The van der Waals surface area contributed by atoms with Crippen LogP contribution in [-0.4, -0.2) is 30.6 Å². The molecule has 1 aromatic heterocycles. The molecular weight excluding hydrogens is 400 g/mol. The largest absolute Gasteiger partial charge is 0.496 e. The zero-order valence-electron chi connectivity index (χ0n) is 17.1. The van der Waals surface area contributed by atoms with Crippen LogP contribution in [0.3, 0.4) is 0 Å². The van der Waals surface area contributed by atoms with E-state index in [9.17, 15) is 9.59 Å². The fraction of sp³-hybridized carbons (Fsp3) is 0.227. The first-order valence-corrected chi connectivity index (χ1v) is 10.3. The molecular formula is C22H24N4O3S. The molecule has 0 fully saturated rings. The second-order valence-electron chi connectivity index (χ2n) is 6.70. The van der Waals surface area contributed by atoms with Crippen molar-refractivity contribution in [3.8, 4) is 5.75 Å². The van der Waals surface area contributed by atoms with Crippen molar-refractivity contribution in [1.29, 1.82) is 0 Å². The van der Waals surface area contributed by atoms with Crippen molar-refractivity contribution in [2.45, 2.75) is 20.3 Å². The molecule has 0 radical (unpaired) electrons. The summed E-state index contributed by atoms with van der Waals surface area (Å²) in [5.74, 6) is 0.582. The van der Waals surface area contributed by atoms with E-state index in [1.54, 1.807) is 14.0 Å². The lowest BCUT2D eigenvalue weighted by atomic mass is 10.1. The number of rotatable bonds is 7. The van der Waals surface area contributed by atoms with Crippen LogP contribution >= 0.6 is 11.3 Å². The quantitative estimate of drug-likeness (QED) is 0.525. The van der Waals surface area contributed by atoms with Gasteiger partial charge >= 0.3 is 6.03 Å². The Bertz CT molecular complexity index is 1030. The minimum absolute atomic E-state index is 0.216. The Morgan fingerprint density at radius 3 is 2.50 bits per heavy atom. The van der Waals surface area contributed by atoms with E-state index >= 15 is 0 Å². The first-order chi connectivity index (χ1) is 14.5. The lowest BCUT2D eigenvalue weighted by molar-refractivity contribution is 0.0957. The summed E-state index contributed by atoms with van der Waals surface area (Å²) in [6.45, 7) is 4.19. The maximum Gasteiger partial charge on any atom is 0.325 e. The molecule has 7 nitrogen and oxygen atoms in total. The summed E-state index contributed by atoms with van der Waals surface area (Å²) >= 11 is 1.14. The van der Waals surface area contributed by atoms with E-state index in [2.05, 4.69) is 20.9 Å². The Morgan fingerprint density at radius 2 is 1.77 bits per heavy atom. The minimum Gasteiger partial charge on any atom is -0.496 e. The molecule has 0 aliphatic heterocycles. The monoisotopic (exact) mass is 424 g/mol. The summed E-state index contributed by atoms with van der Waals surface area (Å²) < 4.78 is 5.33. The zero-order valence-corrected chi connectivity index (χ0v) is 17.9. The van der Waals surface area contributed by atoms with Crippen molar-refractivity contribution in [1.82, 2.24) is 10.3 Å². The van der Waals surface area contributed by atoms with Gasteiger partial charge in [-0.05, 0) is 44.0 Å². The van der Waals surface area contributed by atoms with Crippen molar-refractivity contribution in [3.63, 3.8) is 0 Å². The maximum absolute atomic E-state index is 12.5. The molecule has 0 atom stereocenters. The fourth-order valence-electron chi connectivity index (χ4n) is 2.86. The third-order valence-corrected chi connectivity index (χ3v) is 5.48. The standard InChI is InChI=1S/C22H24N4O3S/c1-14-8-10-17(11-9-14)25-21(28)26-22-24-15(2)19(30-22)20(27)23-13-12-16-6-4-5-7-18(16)29-3/h4-11H,12-13H2,1-3H3,(H,23,27)(H2,24,25,26,28). The fourth-order valence-corrected chi connectivity index (χ4v) is 3.74. The summed E-state index contributed by atoms with van der Waals surface area (Å²) in [5.41, 5.74) is 3.38. The van der Waals surface area contributed by atoms with E-state index < -0.39 is 6.03 Å². The van der Waals surface area contributed by atoms with Gasteiger partial charge < -0.3 is 15.4 Å². The molecule has 0 aliphatic rings. The van der Waals surface area contributed by atoms with Gasteiger partial charge in [0.05, 0.1) is 12.8 Å². The number of para-hydroxylation sites is 1. The molecule has 0 unspecified atom stereocenters. The molecule has 3 amide bonds. The van der Waals surface area contributed by atoms with Gasteiger partial charge in [-0.2, -0.15) is 0 Å². The molecule has 3 aromatic rings. The number of aromatic nitrogens is 1. The molecule has 0 aliphatic carbocycles. The van der Waals surface area contributed by atoms with Crippen molar-refractivity contribution in [2.75, 3.05) is 24.3 Å². The van der Waals surface area contributed by atoms with Crippen LogP contribution in [-0.2, 0) is 6.42 Å². The van der Waals surface area contributed by atoms with Crippen LogP contribution in [0.2, 0.25) is 0 Å². The zero-order chi connectivity index (χ0) is 21.5. The molecule has 0 bridgehead atoms. The number of hydrogen-bond donors (Lipinski definition) is 3. The molecule has 8 heteroatoms. The molecule has 0 saturated heterocycles. The van der Waals surface area contributed by atoms with Crippen LogP contribution in [0.5, 0.6) is 5.75 Å². The average molecular weight is 425 g/mol. The van der Waals surface area contributed by atoms with E-state index in [0.29, 0.717) is 34.4 Å². The van der Waals surface area contributed by atoms with Crippen LogP contribution in [0, 0.1) is 13.8 Å². The third kappa shape index (κ3) is 5.57. The molecule has 30 heavy (non-hydrogen) atoms. The summed E-state index contributed by atoms with van der Waals surface area (Å²) in [6, 6.07) is 14.8. The van der Waals surface area contributed by atoms with Crippen molar-refractivity contribution in [3.05, 3.63) is 70.2 Å². The highest BCUT2D eigenvalue weighted by Crippen LogP contribution is 2.23. The third-order valence-electron chi connectivity index (χ3n) is 4.41. The van der Waals surface area contributed by atoms with Crippen LogP contribution < -0.4 is 20.7 Å². The van der Waals surface area contributed by atoms with Crippen LogP contribution in [0.4, 0.5) is 15.6 Å². The Hall–Kier alpha value is -3.39. The number of aryl methyl sites for hydroxylation is 2. The molecule has 3 rings (SSSR count). The van der Waals surface area contributed by atoms with Gasteiger partial charge in [-0.15, -0.1) is 0 Å². The topological polar surface area (TPSA) is 92.4 Å². The normalized spacial score (nSPS) is 10.4. The molecule has 156 valence electrons. The highest BCUT2D eigenvalue weighted by molar-refractivity contribution is 7.17. The first kappa shape index (κ1) is 21.3. The van der Waals surface area contributed by atoms with Gasteiger partial charge in [0.1, 0.15) is 10.6 Å². The number of nitrogens with zero attached hydrogens (tertiary/aromatic N) is 1. The molecule has 3 N–H and O–H groups in total. The molecule has 0 spiro atoms. The number of methoxy groups -OCH3 is 1. The number of ether oxygens (including phenoxy) is 1. The highest BCUT2D eigenvalue weighted by atomic mass is 32.1. The predicted molar refractivity (Wildman–Crippen MR) is 120 cm³/mol. The Balaban J connectivity index is 1.54. The van der Waals surface area contributed by atoms with Gasteiger partial charge in [0.15, 0.2) is 5.13 Å². The number of carbonyl (C=O) groups excluding carboxylic acids is 2. The van der Waals surface area contributed by atoms with Gasteiger partial charge in [0.2, 0.25) is 0 Å². The van der Waals surface area contributed by atoms with E-state index in [0.717, 1.165) is 28.2 Å². The number of hydrogen-bond acceptors (Lipinski definition) is 5. The first-order valence-electron chi connectivity index (χ1n) is 9.48. The summed E-state index contributed by atoms with van der Waals surface area (Å²) in [6.07, 6.45) is 0.650. The van der Waals surface area contributed by atoms with Gasteiger partial charge in [-0.25, -0.2) is 9.78 Å². The van der Waals surface area contributed by atoms with Crippen molar-refractivity contribution in [2.24, 2.45) is 0 Å². The highest BCUT2D eigenvalue weighted by Gasteiger charge is 2.16. The van der Waals surface area contributed by atoms with Crippen molar-refractivity contribution >= 4 is 34.1 Å². The lowest BCUT2D eigenvalue weighted by Gasteiger charge is -2.08. The average Bonchev–Trinajstić information content (AvgIpc) is 3.10. The van der Waals surface area contributed by atoms with Gasteiger partial charge in [-0.1, -0.05) is 47.2 Å². The SMILES string of the molecule is COc1ccccc1CCNC(=O)c1sc(NC(=O)Nc2ccc(C)cc2)nc1C. The van der Waals surface area contributed by atoms with Gasteiger partial charge in [0.25, 0.3) is 5.91 Å². The van der Waals surface area contributed by atoms with E-state index in [1.807, 2.05) is 55.5 Å². The number of benzene rings is 2. The number of amides is 3. The number of nitrogens with one attached hydrogen (secondary N) is 3. The van der Waals surface area contributed by atoms with Gasteiger partial charge in [-0.3, -0.25) is 10.1 Å². The van der Waals surface area contributed by atoms with Crippen LogP contribution in [0.1, 0.15) is 26.5 Å². The number of thiazole rings is 1. The van der Waals surface area contributed by atoms with Crippen LogP contribution in [0.15, 0.2) is 48.5 Å². The lowest BCUT2D eigenvalue weighted by Crippen LogP contribution is -2.25. The number of carbonyl (C=O) groups is 2. The van der Waals surface area contributed by atoms with E-state index in [-0.39, 0.29) is 5.91 Å². The molecule has 2 aromatic carbocycles. The summed E-state index contributed by atoms with van der Waals surface area (Å²) in [7, 11) is 1.63.